The van der Waals surface area contributed by atoms with E-state index in [-0.39, 0.29) is 22.2 Å². The van der Waals surface area contributed by atoms with Crippen LogP contribution in [0.25, 0.3) is 5.76 Å². The van der Waals surface area contributed by atoms with Crippen molar-refractivity contribution in [2.24, 2.45) is 0 Å². The number of carbonyl (C=O) groups excluding carboxylic acids is 3. The molecule has 0 radical (unpaired) electrons. The van der Waals surface area contributed by atoms with E-state index in [0.717, 1.165) is 11.3 Å². The summed E-state index contributed by atoms with van der Waals surface area (Å²) in [7, 11) is 0. The summed E-state index contributed by atoms with van der Waals surface area (Å²) in [6.45, 7) is 3.84. The largest absolute Gasteiger partial charge is 0.507 e. The van der Waals surface area contributed by atoms with E-state index in [4.69, 9.17) is 21.1 Å². The molecule has 0 saturated carbocycles. The molecule has 3 aromatic rings. The van der Waals surface area contributed by atoms with Gasteiger partial charge in [-0.2, -0.15) is 0 Å². The first kappa shape index (κ1) is 23.1. The molecule has 0 spiro atoms. The fraction of sp³-hybridized carbons (Fsp3) is 0.200. The zero-order valence-corrected chi connectivity index (χ0v) is 20.3. The van der Waals surface area contributed by atoms with Gasteiger partial charge in [-0.1, -0.05) is 35.1 Å². The molecule has 1 N–H and O–H groups in total. The molecule has 0 bridgehead atoms. The average Bonchev–Trinajstić information content (AvgIpc) is 3.35. The normalized spacial score (nSPS) is 18.7. The van der Waals surface area contributed by atoms with Gasteiger partial charge in [-0.15, -0.1) is 0 Å². The molecule has 1 unspecified atom stereocenters. The number of aliphatic hydroxyl groups is 1. The summed E-state index contributed by atoms with van der Waals surface area (Å²) in [5, 5.41) is 11.9. The molecule has 10 heteroatoms. The molecule has 1 fully saturated rings. The number of ether oxygens (including phenoxy) is 2. The van der Waals surface area contributed by atoms with Crippen LogP contribution in [0.15, 0.2) is 48.0 Å². The van der Waals surface area contributed by atoms with Crippen molar-refractivity contribution in [3.8, 4) is 11.5 Å². The first-order chi connectivity index (χ1) is 16.8. The Kier molecular flexibility index (Phi) is 5.82. The lowest BCUT2D eigenvalue weighted by atomic mass is 9.95. The van der Waals surface area contributed by atoms with Crippen molar-refractivity contribution in [3.05, 3.63) is 74.8 Å². The molecule has 2 aromatic carbocycles. The van der Waals surface area contributed by atoms with E-state index in [2.05, 4.69) is 4.98 Å². The van der Waals surface area contributed by atoms with E-state index in [1.807, 2.05) is 0 Å². The third kappa shape index (κ3) is 3.96. The Labute approximate surface area is 209 Å². The van der Waals surface area contributed by atoms with E-state index in [0.29, 0.717) is 51.4 Å². The molecule has 8 nitrogen and oxygen atoms in total. The van der Waals surface area contributed by atoms with Gasteiger partial charge in [0.15, 0.2) is 22.4 Å². The molecule has 35 heavy (non-hydrogen) atoms. The predicted octanol–water partition coefficient (Wildman–Crippen LogP) is 4.71. The van der Waals surface area contributed by atoms with Crippen LogP contribution in [0.3, 0.4) is 0 Å². The number of nitrogens with zero attached hydrogens (tertiary/aromatic N) is 2. The van der Waals surface area contributed by atoms with Gasteiger partial charge in [-0.25, -0.2) is 4.98 Å². The third-order valence-electron chi connectivity index (χ3n) is 5.74. The minimum Gasteiger partial charge on any atom is -0.507 e. The van der Waals surface area contributed by atoms with Crippen molar-refractivity contribution in [1.29, 1.82) is 0 Å². The number of hydrogen-bond donors (Lipinski definition) is 1. The summed E-state index contributed by atoms with van der Waals surface area (Å²) in [5.41, 5.74) is 1.13. The van der Waals surface area contributed by atoms with E-state index in [1.54, 1.807) is 49.4 Å². The number of hydrogen-bond acceptors (Lipinski definition) is 8. The van der Waals surface area contributed by atoms with Crippen LogP contribution >= 0.6 is 22.9 Å². The monoisotopic (exact) mass is 510 g/mol. The van der Waals surface area contributed by atoms with Gasteiger partial charge in [-0.05, 0) is 42.8 Å². The molecule has 2 aliphatic rings. The molecule has 1 amide bonds. The van der Waals surface area contributed by atoms with Crippen LogP contribution in [0.4, 0.5) is 5.13 Å². The Balaban J connectivity index is 1.70. The molecule has 2 aliphatic heterocycles. The van der Waals surface area contributed by atoms with Gasteiger partial charge in [0.25, 0.3) is 5.78 Å². The van der Waals surface area contributed by atoms with E-state index in [1.165, 1.54) is 11.8 Å². The van der Waals surface area contributed by atoms with Crippen molar-refractivity contribution in [3.63, 3.8) is 0 Å². The summed E-state index contributed by atoms with van der Waals surface area (Å²) in [4.78, 5) is 44.6. The van der Waals surface area contributed by atoms with Gasteiger partial charge >= 0.3 is 5.91 Å². The molecule has 1 saturated heterocycles. The smallest absolute Gasteiger partial charge is 0.301 e. The zero-order chi connectivity index (χ0) is 24.9. The van der Waals surface area contributed by atoms with Crippen LogP contribution in [0.5, 0.6) is 11.5 Å². The van der Waals surface area contributed by atoms with Crippen molar-refractivity contribution in [2.45, 2.75) is 19.9 Å². The first-order valence-corrected chi connectivity index (χ1v) is 11.9. The van der Waals surface area contributed by atoms with E-state index < -0.39 is 17.7 Å². The van der Waals surface area contributed by atoms with Crippen LogP contribution in [0.2, 0.25) is 5.02 Å². The third-order valence-corrected chi connectivity index (χ3v) is 7.23. The summed E-state index contributed by atoms with van der Waals surface area (Å²) in [6.07, 6.45) is 0. The van der Waals surface area contributed by atoms with Crippen molar-refractivity contribution >= 4 is 51.3 Å². The lowest BCUT2D eigenvalue weighted by Crippen LogP contribution is -2.29. The Morgan fingerprint density at radius 1 is 1.14 bits per heavy atom. The molecular weight excluding hydrogens is 492 g/mol. The molecule has 0 aliphatic carbocycles. The number of ketones is 2. The van der Waals surface area contributed by atoms with Crippen LogP contribution in [-0.2, 0) is 9.59 Å². The van der Waals surface area contributed by atoms with Gasteiger partial charge in [0, 0.05) is 17.5 Å². The Morgan fingerprint density at radius 2 is 1.89 bits per heavy atom. The van der Waals surface area contributed by atoms with Crippen molar-refractivity contribution < 1.29 is 29.0 Å². The van der Waals surface area contributed by atoms with Crippen LogP contribution in [0.1, 0.15) is 39.5 Å². The maximum absolute atomic E-state index is 13.3. The number of fused-ring (bicyclic) bond motifs is 1. The lowest BCUT2D eigenvalue weighted by Gasteiger charge is -2.23. The number of aliphatic hydroxyl groups excluding tert-OH is 1. The number of aryl methyl sites for hydroxylation is 1. The number of halogens is 1. The Morgan fingerprint density at radius 3 is 2.57 bits per heavy atom. The Hall–Kier alpha value is -3.69. The topological polar surface area (TPSA) is 106 Å². The SMILES string of the molecule is CC(=O)c1sc(N2C(=O)C(=O)C(=C(O)c3ccc4c(c3)OCCO4)C2c2cccc(Cl)c2)nc1C. The summed E-state index contributed by atoms with van der Waals surface area (Å²) < 4.78 is 11.1. The number of rotatable bonds is 4. The number of benzene rings is 2. The van der Waals surface area contributed by atoms with E-state index >= 15 is 0 Å². The molecule has 5 rings (SSSR count). The minimum absolute atomic E-state index is 0.119. The first-order valence-electron chi connectivity index (χ1n) is 10.7. The zero-order valence-electron chi connectivity index (χ0n) is 18.7. The second kappa shape index (κ2) is 8.83. The summed E-state index contributed by atoms with van der Waals surface area (Å²) in [6, 6.07) is 10.5. The average molecular weight is 511 g/mol. The van der Waals surface area contributed by atoms with Crippen molar-refractivity contribution in [1.82, 2.24) is 4.98 Å². The number of amides is 1. The summed E-state index contributed by atoms with van der Waals surface area (Å²) in [5.74, 6) is -1.35. The predicted molar refractivity (Wildman–Crippen MR) is 131 cm³/mol. The maximum atomic E-state index is 13.3. The van der Waals surface area contributed by atoms with Crippen LogP contribution in [-0.4, -0.2) is 40.8 Å². The van der Waals surface area contributed by atoms with Gasteiger partial charge < -0.3 is 14.6 Å². The molecule has 1 atom stereocenters. The van der Waals surface area contributed by atoms with Crippen LogP contribution < -0.4 is 14.4 Å². The maximum Gasteiger partial charge on any atom is 0.301 e. The molecule has 178 valence electrons. The standard InChI is InChI=1S/C25H19ClN2O6S/c1-12-23(13(2)29)35-25(27-12)28-20(14-4-3-5-16(26)10-14)19(22(31)24(28)32)21(30)15-6-7-17-18(11-15)34-9-8-33-17/h3-7,10-11,20,30H,8-9H2,1-2H3. The highest BCUT2D eigenvalue weighted by Crippen LogP contribution is 2.45. The second-order valence-corrected chi connectivity index (χ2v) is 9.46. The molecular formula is C25H19ClN2O6S. The Bertz CT molecular complexity index is 1430. The van der Waals surface area contributed by atoms with Gasteiger partial charge in [0.05, 0.1) is 22.2 Å². The highest BCUT2D eigenvalue weighted by molar-refractivity contribution is 7.18. The second-order valence-electron chi connectivity index (χ2n) is 8.05. The van der Waals surface area contributed by atoms with Gasteiger partial charge in [0.1, 0.15) is 19.0 Å². The number of carbonyl (C=O) groups is 3. The minimum atomic E-state index is -1.01. The quantitative estimate of drug-likeness (QED) is 0.234. The van der Waals surface area contributed by atoms with Crippen molar-refractivity contribution in [2.75, 3.05) is 18.1 Å². The summed E-state index contributed by atoms with van der Waals surface area (Å²) >= 11 is 7.25. The van der Waals surface area contributed by atoms with E-state index in [9.17, 15) is 19.5 Å². The number of Topliss-reactive ketones (excluding diaryl/α,β-unsaturated/α-hetero) is 2. The number of anilines is 1. The molecule has 3 heterocycles. The van der Waals surface area contributed by atoms with Gasteiger partial charge in [0.2, 0.25) is 0 Å². The molecule has 1 aromatic heterocycles. The fourth-order valence-electron chi connectivity index (χ4n) is 4.18. The fourth-order valence-corrected chi connectivity index (χ4v) is 5.37. The lowest BCUT2D eigenvalue weighted by molar-refractivity contribution is -0.132. The highest BCUT2D eigenvalue weighted by Gasteiger charge is 2.48. The van der Waals surface area contributed by atoms with Crippen LogP contribution in [0, 0.1) is 6.92 Å². The number of aromatic nitrogens is 1. The van der Waals surface area contributed by atoms with Gasteiger partial charge in [-0.3, -0.25) is 19.3 Å². The number of thiazole rings is 1. The highest BCUT2D eigenvalue weighted by atomic mass is 35.5.